The topological polar surface area (TPSA) is 46.6 Å². The van der Waals surface area contributed by atoms with Crippen molar-refractivity contribution in [2.45, 2.75) is 45.1 Å². The highest BCUT2D eigenvalue weighted by molar-refractivity contribution is 9.10. The molecule has 0 aliphatic carbocycles. The Bertz CT molecular complexity index is 533. The van der Waals surface area contributed by atoms with Crippen molar-refractivity contribution in [1.82, 2.24) is 4.90 Å². The van der Waals surface area contributed by atoms with E-state index in [1.165, 1.54) is 4.90 Å². The summed E-state index contributed by atoms with van der Waals surface area (Å²) in [6.07, 6.45) is 0.579. The van der Waals surface area contributed by atoms with Crippen LogP contribution in [0.3, 0.4) is 0 Å². The van der Waals surface area contributed by atoms with Gasteiger partial charge in [0, 0.05) is 17.4 Å². The fraction of sp³-hybridized carbons (Fsp3) is 0.500. The van der Waals surface area contributed by atoms with Crippen LogP contribution in [0.4, 0.5) is 4.79 Å². The van der Waals surface area contributed by atoms with E-state index >= 15 is 0 Å². The molecule has 5 heteroatoms. The first-order valence-corrected chi connectivity index (χ1v) is 7.84. The smallest absolute Gasteiger partial charge is 0.417 e. The van der Waals surface area contributed by atoms with Gasteiger partial charge in [0.25, 0.3) is 0 Å². The molecule has 0 unspecified atom stereocenters. The molecule has 0 bridgehead atoms. The Balaban J connectivity index is 2.00. The zero-order valence-electron chi connectivity index (χ0n) is 12.6. The van der Waals surface area contributed by atoms with Crippen LogP contribution in [0.25, 0.3) is 0 Å². The van der Waals surface area contributed by atoms with Crippen LogP contribution in [0.2, 0.25) is 0 Å². The molecule has 2 amide bonds. The minimum atomic E-state index is -0.583. The van der Waals surface area contributed by atoms with Gasteiger partial charge in [0.05, 0.1) is 0 Å². The number of ether oxygens (including phenoxy) is 1. The van der Waals surface area contributed by atoms with Crippen LogP contribution >= 0.6 is 15.9 Å². The lowest BCUT2D eigenvalue weighted by Gasteiger charge is -2.32. The zero-order valence-corrected chi connectivity index (χ0v) is 14.1. The van der Waals surface area contributed by atoms with Gasteiger partial charge in [-0.3, -0.25) is 4.79 Å². The number of rotatable bonds is 1. The number of hydrogen-bond donors (Lipinski definition) is 0. The van der Waals surface area contributed by atoms with Crippen LogP contribution in [-0.2, 0) is 9.53 Å². The Hall–Kier alpha value is -1.36. The number of hydrogen-bond acceptors (Lipinski definition) is 3. The minimum absolute atomic E-state index is 0.164. The second-order valence-electron chi connectivity index (χ2n) is 6.27. The first-order chi connectivity index (χ1) is 9.76. The molecule has 0 spiro atoms. The molecule has 1 heterocycles. The number of halogens is 1. The van der Waals surface area contributed by atoms with E-state index < -0.39 is 11.7 Å². The van der Waals surface area contributed by atoms with Gasteiger partial charge in [-0.1, -0.05) is 28.1 Å². The average molecular weight is 354 g/mol. The van der Waals surface area contributed by atoms with E-state index in [1.807, 2.05) is 24.3 Å². The van der Waals surface area contributed by atoms with Crippen molar-refractivity contribution < 1.29 is 14.3 Å². The van der Waals surface area contributed by atoms with Gasteiger partial charge in [0.2, 0.25) is 5.91 Å². The third-order valence-electron chi connectivity index (χ3n) is 3.38. The number of likely N-dealkylation sites (tertiary alicyclic amines) is 1. The minimum Gasteiger partial charge on any atom is -0.443 e. The average Bonchev–Trinajstić information content (AvgIpc) is 2.37. The lowest BCUT2D eigenvalue weighted by Crippen LogP contribution is -2.44. The summed E-state index contributed by atoms with van der Waals surface area (Å²) in [4.78, 5) is 25.4. The molecule has 0 N–H and O–H groups in total. The molecule has 1 aromatic carbocycles. The largest absolute Gasteiger partial charge is 0.443 e. The Kier molecular flexibility index (Phi) is 4.71. The van der Waals surface area contributed by atoms with E-state index in [2.05, 4.69) is 15.9 Å². The van der Waals surface area contributed by atoms with Gasteiger partial charge in [0.15, 0.2) is 0 Å². The van der Waals surface area contributed by atoms with Crippen LogP contribution in [0.15, 0.2) is 28.7 Å². The molecular weight excluding hydrogens is 334 g/mol. The first-order valence-electron chi connectivity index (χ1n) is 7.05. The summed E-state index contributed by atoms with van der Waals surface area (Å²) in [5.41, 5.74) is 0.551. The number of imide groups is 1. The van der Waals surface area contributed by atoms with Crippen LogP contribution in [-0.4, -0.2) is 29.0 Å². The van der Waals surface area contributed by atoms with E-state index in [-0.39, 0.29) is 11.8 Å². The molecule has 0 aromatic heterocycles. The highest BCUT2D eigenvalue weighted by Crippen LogP contribution is 2.30. The maximum Gasteiger partial charge on any atom is 0.417 e. The van der Waals surface area contributed by atoms with Crippen molar-refractivity contribution in [3.63, 3.8) is 0 Å². The lowest BCUT2D eigenvalue weighted by molar-refractivity contribution is -0.132. The summed E-state index contributed by atoms with van der Waals surface area (Å²) in [5, 5.41) is 0. The highest BCUT2D eigenvalue weighted by atomic mass is 79.9. The highest BCUT2D eigenvalue weighted by Gasteiger charge is 2.33. The van der Waals surface area contributed by atoms with Crippen LogP contribution in [0.5, 0.6) is 0 Å². The summed E-state index contributed by atoms with van der Waals surface area (Å²) < 4.78 is 6.28. The van der Waals surface area contributed by atoms with Crippen LogP contribution in [0, 0.1) is 0 Å². The van der Waals surface area contributed by atoms with Crippen LogP contribution < -0.4 is 0 Å². The number of nitrogens with zero attached hydrogens (tertiary/aromatic N) is 1. The van der Waals surface area contributed by atoms with Gasteiger partial charge in [-0.25, -0.2) is 9.69 Å². The number of amides is 2. The molecular formula is C16H20BrNO3. The summed E-state index contributed by atoms with van der Waals surface area (Å²) in [6, 6.07) is 7.98. The summed E-state index contributed by atoms with van der Waals surface area (Å²) in [7, 11) is 0. The molecule has 1 aliphatic rings. The molecule has 1 atom stereocenters. The van der Waals surface area contributed by atoms with Gasteiger partial charge >= 0.3 is 6.09 Å². The third kappa shape index (κ3) is 4.30. The van der Waals surface area contributed by atoms with Crippen molar-refractivity contribution in [3.8, 4) is 0 Å². The number of carbonyl (C=O) groups excluding carboxylic acids is 2. The van der Waals surface area contributed by atoms with E-state index in [0.29, 0.717) is 13.0 Å². The quantitative estimate of drug-likeness (QED) is 0.763. The molecule has 1 aliphatic heterocycles. The fourth-order valence-corrected chi connectivity index (χ4v) is 2.63. The number of carbonyl (C=O) groups is 2. The van der Waals surface area contributed by atoms with Crippen molar-refractivity contribution in [1.29, 1.82) is 0 Å². The van der Waals surface area contributed by atoms with Gasteiger partial charge in [-0.2, -0.15) is 0 Å². The van der Waals surface area contributed by atoms with E-state index in [1.54, 1.807) is 20.8 Å². The third-order valence-corrected chi connectivity index (χ3v) is 3.91. The molecule has 1 fully saturated rings. The SMILES string of the molecule is CC(C)(C)OC(=O)N1CC[C@@H](c2ccc(Br)cc2)CC1=O. The van der Waals surface area contributed by atoms with Crippen molar-refractivity contribution >= 4 is 27.9 Å². The summed E-state index contributed by atoms with van der Waals surface area (Å²) in [5.74, 6) is 0.00713. The van der Waals surface area contributed by atoms with E-state index in [0.717, 1.165) is 16.5 Å². The predicted molar refractivity (Wildman–Crippen MR) is 84.1 cm³/mol. The number of piperidine rings is 1. The Morgan fingerprint density at radius 3 is 2.43 bits per heavy atom. The molecule has 4 nitrogen and oxygen atoms in total. The lowest BCUT2D eigenvalue weighted by atomic mass is 9.89. The zero-order chi connectivity index (χ0) is 15.6. The molecule has 21 heavy (non-hydrogen) atoms. The predicted octanol–water partition coefficient (Wildman–Crippen LogP) is 4.09. The first kappa shape index (κ1) is 16.0. The van der Waals surface area contributed by atoms with Crippen molar-refractivity contribution in [3.05, 3.63) is 34.3 Å². The normalized spacial score (nSPS) is 19.5. The monoisotopic (exact) mass is 353 g/mol. The van der Waals surface area contributed by atoms with Crippen molar-refractivity contribution in [2.75, 3.05) is 6.54 Å². The number of benzene rings is 1. The van der Waals surface area contributed by atoms with E-state index in [9.17, 15) is 9.59 Å². The van der Waals surface area contributed by atoms with E-state index in [4.69, 9.17) is 4.74 Å². The van der Waals surface area contributed by atoms with Crippen LogP contribution in [0.1, 0.15) is 45.1 Å². The van der Waals surface area contributed by atoms with Gasteiger partial charge in [-0.15, -0.1) is 0 Å². The van der Waals surface area contributed by atoms with Gasteiger partial charge in [-0.05, 0) is 50.8 Å². The van der Waals surface area contributed by atoms with Gasteiger partial charge in [0.1, 0.15) is 5.60 Å². The standard InChI is InChI=1S/C16H20BrNO3/c1-16(2,3)21-15(20)18-9-8-12(10-14(18)19)11-4-6-13(17)7-5-11/h4-7,12H,8-10H2,1-3H3/t12-/m1/s1. The second-order valence-corrected chi connectivity index (χ2v) is 7.18. The molecule has 114 valence electrons. The molecule has 2 rings (SSSR count). The fourth-order valence-electron chi connectivity index (χ4n) is 2.36. The maximum absolute atomic E-state index is 12.2. The summed E-state index contributed by atoms with van der Waals surface area (Å²) >= 11 is 3.40. The molecule has 0 radical (unpaired) electrons. The molecule has 1 saturated heterocycles. The Labute approximate surface area is 133 Å². The molecule has 0 saturated carbocycles. The maximum atomic E-state index is 12.2. The van der Waals surface area contributed by atoms with Crippen molar-refractivity contribution in [2.24, 2.45) is 0 Å². The second kappa shape index (κ2) is 6.18. The Morgan fingerprint density at radius 1 is 1.29 bits per heavy atom. The van der Waals surface area contributed by atoms with Gasteiger partial charge < -0.3 is 4.74 Å². The molecule has 1 aromatic rings. The Morgan fingerprint density at radius 2 is 1.90 bits per heavy atom. The summed E-state index contributed by atoms with van der Waals surface area (Å²) in [6.45, 7) is 5.80.